The molecule has 28 heavy (non-hydrogen) atoms. The van der Waals surface area contributed by atoms with Crippen LogP contribution >= 0.6 is 12.2 Å². The lowest BCUT2D eigenvalue weighted by atomic mass is 10.2. The standard InChI is InChI=1S/C19H19N5O3S/c1-27-14-8-6-13(7-9-14)10-20-19(28)23-22-17(25)11-24-12-21-16-5-3-2-4-15(16)18(24)26/h2-9,12H,10-11H2,1H3,(H,22,25)(H2,20,23,28). The molecule has 3 N–H and O–H groups in total. The minimum atomic E-state index is -0.423. The Bertz CT molecular complexity index is 1050. The van der Waals surface area contributed by atoms with Crippen molar-refractivity contribution < 1.29 is 9.53 Å². The van der Waals surface area contributed by atoms with Gasteiger partial charge in [0.1, 0.15) is 12.3 Å². The Morgan fingerprint density at radius 1 is 1.14 bits per heavy atom. The first-order valence-corrected chi connectivity index (χ1v) is 8.87. The van der Waals surface area contributed by atoms with E-state index in [0.717, 1.165) is 11.3 Å². The Hall–Kier alpha value is -3.46. The molecule has 1 amide bonds. The quantitative estimate of drug-likeness (QED) is 0.438. The molecule has 0 fully saturated rings. The van der Waals surface area contributed by atoms with Gasteiger partial charge in [0.25, 0.3) is 11.5 Å². The van der Waals surface area contributed by atoms with Crippen LogP contribution in [0.1, 0.15) is 5.56 Å². The number of fused-ring (bicyclic) bond motifs is 1. The summed E-state index contributed by atoms with van der Waals surface area (Å²) in [6.07, 6.45) is 1.35. The Balaban J connectivity index is 1.49. The number of amides is 1. The van der Waals surface area contributed by atoms with Crippen molar-refractivity contribution in [2.75, 3.05) is 7.11 Å². The van der Waals surface area contributed by atoms with Crippen molar-refractivity contribution in [1.29, 1.82) is 0 Å². The van der Waals surface area contributed by atoms with Crippen molar-refractivity contribution in [3.8, 4) is 5.75 Å². The van der Waals surface area contributed by atoms with E-state index in [-0.39, 0.29) is 17.2 Å². The third-order valence-electron chi connectivity index (χ3n) is 3.97. The molecular weight excluding hydrogens is 378 g/mol. The number of rotatable bonds is 5. The Morgan fingerprint density at radius 2 is 1.89 bits per heavy atom. The summed E-state index contributed by atoms with van der Waals surface area (Å²) in [5.74, 6) is 0.350. The van der Waals surface area contributed by atoms with E-state index in [0.29, 0.717) is 17.4 Å². The van der Waals surface area contributed by atoms with E-state index in [9.17, 15) is 9.59 Å². The Kier molecular flexibility index (Phi) is 6.18. The summed E-state index contributed by atoms with van der Waals surface area (Å²) in [5, 5.41) is 3.69. The molecule has 0 saturated heterocycles. The van der Waals surface area contributed by atoms with E-state index < -0.39 is 5.91 Å². The second-order valence-corrected chi connectivity index (χ2v) is 6.31. The van der Waals surface area contributed by atoms with E-state index in [1.54, 1.807) is 31.4 Å². The number of thiocarbonyl (C=S) groups is 1. The van der Waals surface area contributed by atoms with Crippen LogP contribution in [0.2, 0.25) is 0 Å². The molecular formula is C19H19N5O3S. The molecule has 0 radical (unpaired) electrons. The number of carbonyl (C=O) groups is 1. The van der Waals surface area contributed by atoms with Gasteiger partial charge in [-0.25, -0.2) is 4.98 Å². The van der Waals surface area contributed by atoms with Crippen LogP contribution in [0, 0.1) is 0 Å². The second kappa shape index (κ2) is 8.96. The molecule has 0 aliphatic rings. The molecule has 0 saturated carbocycles. The van der Waals surface area contributed by atoms with Crippen LogP contribution in [0.5, 0.6) is 5.75 Å². The molecule has 3 aromatic rings. The van der Waals surface area contributed by atoms with Gasteiger partial charge >= 0.3 is 0 Å². The first kappa shape index (κ1) is 19.3. The zero-order valence-electron chi connectivity index (χ0n) is 15.1. The normalized spacial score (nSPS) is 10.3. The average molecular weight is 397 g/mol. The maximum absolute atomic E-state index is 12.4. The summed E-state index contributed by atoms with van der Waals surface area (Å²) in [7, 11) is 1.61. The summed E-state index contributed by atoms with van der Waals surface area (Å²) < 4.78 is 6.35. The molecule has 0 unspecified atom stereocenters. The number of nitrogens with one attached hydrogen (secondary N) is 3. The molecule has 1 heterocycles. The monoisotopic (exact) mass is 397 g/mol. The molecule has 2 aromatic carbocycles. The highest BCUT2D eigenvalue weighted by Gasteiger charge is 2.08. The average Bonchev–Trinajstić information content (AvgIpc) is 2.73. The number of carbonyl (C=O) groups excluding carboxylic acids is 1. The van der Waals surface area contributed by atoms with Gasteiger partial charge in [0, 0.05) is 6.54 Å². The smallest absolute Gasteiger partial charge is 0.261 e. The van der Waals surface area contributed by atoms with Crippen LogP contribution in [0.25, 0.3) is 10.9 Å². The fourth-order valence-electron chi connectivity index (χ4n) is 2.51. The zero-order valence-corrected chi connectivity index (χ0v) is 16.0. The lowest BCUT2D eigenvalue weighted by molar-refractivity contribution is -0.122. The van der Waals surface area contributed by atoms with Crippen LogP contribution in [0.15, 0.2) is 59.7 Å². The van der Waals surface area contributed by atoms with Crippen molar-refractivity contribution in [2.45, 2.75) is 13.1 Å². The number of ether oxygens (including phenoxy) is 1. The van der Waals surface area contributed by atoms with Crippen LogP contribution in [0.3, 0.4) is 0 Å². The number of benzene rings is 2. The highest BCUT2D eigenvalue weighted by Crippen LogP contribution is 2.10. The number of para-hydroxylation sites is 1. The summed E-state index contributed by atoms with van der Waals surface area (Å²) in [6, 6.07) is 14.5. The van der Waals surface area contributed by atoms with Crippen LogP contribution < -0.4 is 26.5 Å². The topological polar surface area (TPSA) is 97.3 Å². The molecule has 0 spiro atoms. The number of nitrogens with zero attached hydrogens (tertiary/aromatic N) is 2. The molecule has 144 valence electrons. The van der Waals surface area contributed by atoms with Gasteiger partial charge in [-0.3, -0.25) is 25.0 Å². The number of methoxy groups -OCH3 is 1. The molecule has 3 rings (SSSR count). The first-order valence-electron chi connectivity index (χ1n) is 8.46. The number of hydrazine groups is 1. The van der Waals surface area contributed by atoms with E-state index in [1.165, 1.54) is 10.9 Å². The number of hydrogen-bond donors (Lipinski definition) is 3. The van der Waals surface area contributed by atoms with E-state index in [1.807, 2.05) is 24.3 Å². The minimum absolute atomic E-state index is 0.176. The number of aromatic nitrogens is 2. The number of hydrogen-bond acceptors (Lipinski definition) is 5. The molecule has 8 nitrogen and oxygen atoms in total. The molecule has 0 aliphatic carbocycles. The zero-order chi connectivity index (χ0) is 19.9. The predicted octanol–water partition coefficient (Wildman–Crippen LogP) is 1.10. The predicted molar refractivity (Wildman–Crippen MR) is 110 cm³/mol. The van der Waals surface area contributed by atoms with Crippen molar-refractivity contribution in [3.05, 3.63) is 70.8 Å². The van der Waals surface area contributed by atoms with Gasteiger partial charge in [0.05, 0.1) is 24.3 Å². The van der Waals surface area contributed by atoms with E-state index >= 15 is 0 Å². The van der Waals surface area contributed by atoms with Gasteiger partial charge in [-0.15, -0.1) is 0 Å². The van der Waals surface area contributed by atoms with E-state index in [2.05, 4.69) is 21.2 Å². The van der Waals surface area contributed by atoms with E-state index in [4.69, 9.17) is 17.0 Å². The van der Waals surface area contributed by atoms with Gasteiger partial charge < -0.3 is 10.1 Å². The fourth-order valence-corrected chi connectivity index (χ4v) is 2.63. The molecule has 9 heteroatoms. The Labute approximate surface area is 166 Å². The van der Waals surface area contributed by atoms with Gasteiger partial charge in [-0.05, 0) is 42.0 Å². The summed E-state index contributed by atoms with van der Waals surface area (Å²) in [4.78, 5) is 28.7. The molecule has 0 bridgehead atoms. The van der Waals surface area contributed by atoms with Gasteiger partial charge in [0.2, 0.25) is 0 Å². The third-order valence-corrected chi connectivity index (χ3v) is 4.22. The highest BCUT2D eigenvalue weighted by atomic mass is 32.1. The molecule has 0 atom stereocenters. The third kappa shape index (κ3) is 4.83. The van der Waals surface area contributed by atoms with Crippen LogP contribution in [-0.4, -0.2) is 27.7 Å². The molecule has 0 aliphatic heterocycles. The second-order valence-electron chi connectivity index (χ2n) is 5.90. The maximum Gasteiger partial charge on any atom is 0.261 e. The highest BCUT2D eigenvalue weighted by molar-refractivity contribution is 7.80. The molecule has 1 aromatic heterocycles. The SMILES string of the molecule is COc1ccc(CNC(=S)NNC(=O)Cn2cnc3ccccc3c2=O)cc1. The largest absolute Gasteiger partial charge is 0.497 e. The maximum atomic E-state index is 12.4. The summed E-state index contributed by atoms with van der Waals surface area (Å²) in [5.41, 5.74) is 6.39. The van der Waals surface area contributed by atoms with Crippen molar-refractivity contribution in [1.82, 2.24) is 25.7 Å². The van der Waals surface area contributed by atoms with Crippen LogP contribution in [-0.2, 0) is 17.9 Å². The van der Waals surface area contributed by atoms with Crippen molar-refractivity contribution >= 4 is 34.1 Å². The fraction of sp³-hybridized carbons (Fsp3) is 0.158. The summed E-state index contributed by atoms with van der Waals surface area (Å²) in [6.45, 7) is 0.310. The van der Waals surface area contributed by atoms with Crippen molar-refractivity contribution in [2.24, 2.45) is 0 Å². The van der Waals surface area contributed by atoms with Gasteiger partial charge in [-0.1, -0.05) is 24.3 Å². The Morgan fingerprint density at radius 3 is 2.64 bits per heavy atom. The summed E-state index contributed by atoms with van der Waals surface area (Å²) >= 11 is 5.13. The lowest BCUT2D eigenvalue weighted by Gasteiger charge is -2.12. The lowest BCUT2D eigenvalue weighted by Crippen LogP contribution is -2.48. The van der Waals surface area contributed by atoms with Gasteiger partial charge in [-0.2, -0.15) is 0 Å². The minimum Gasteiger partial charge on any atom is -0.497 e. The first-order chi connectivity index (χ1) is 13.6. The van der Waals surface area contributed by atoms with Crippen LogP contribution in [0.4, 0.5) is 0 Å². The van der Waals surface area contributed by atoms with Gasteiger partial charge in [0.15, 0.2) is 5.11 Å². The van der Waals surface area contributed by atoms with Crippen molar-refractivity contribution in [3.63, 3.8) is 0 Å².